The van der Waals surface area contributed by atoms with Gasteiger partial charge in [0.2, 0.25) is 0 Å². The average Bonchev–Trinajstić information content (AvgIpc) is 2.75. The summed E-state index contributed by atoms with van der Waals surface area (Å²) in [7, 11) is 2.96. The lowest BCUT2D eigenvalue weighted by Crippen LogP contribution is -2.22. The fourth-order valence-electron chi connectivity index (χ4n) is 2.88. The predicted molar refractivity (Wildman–Crippen MR) is 109 cm³/mol. The molecule has 0 fully saturated rings. The molecule has 6 nitrogen and oxygen atoms in total. The van der Waals surface area contributed by atoms with Crippen LogP contribution in [0.15, 0.2) is 65.6 Å². The van der Waals surface area contributed by atoms with Crippen LogP contribution in [0, 0.1) is 0 Å². The van der Waals surface area contributed by atoms with Gasteiger partial charge in [-0.1, -0.05) is 12.1 Å². The van der Waals surface area contributed by atoms with Crippen LogP contribution < -0.4 is 20.3 Å². The lowest BCUT2D eigenvalue weighted by Gasteiger charge is -2.13. The number of halogens is 3. The number of aromatic nitrogens is 1. The van der Waals surface area contributed by atoms with Gasteiger partial charge < -0.3 is 19.4 Å². The van der Waals surface area contributed by atoms with Gasteiger partial charge in [-0.2, -0.15) is 13.2 Å². The van der Waals surface area contributed by atoms with Gasteiger partial charge in [0, 0.05) is 18.3 Å². The van der Waals surface area contributed by atoms with Crippen molar-refractivity contribution in [3.05, 3.63) is 87.8 Å². The number of benzene rings is 2. The van der Waals surface area contributed by atoms with Gasteiger partial charge in [0.1, 0.15) is 11.5 Å². The Balaban J connectivity index is 1.81. The van der Waals surface area contributed by atoms with Crippen molar-refractivity contribution in [2.45, 2.75) is 12.7 Å². The van der Waals surface area contributed by atoms with Crippen molar-refractivity contribution in [1.29, 1.82) is 0 Å². The van der Waals surface area contributed by atoms with Crippen molar-refractivity contribution < 1.29 is 27.4 Å². The normalized spacial score (nSPS) is 11.1. The highest BCUT2D eigenvalue weighted by molar-refractivity contribution is 6.04. The van der Waals surface area contributed by atoms with E-state index in [0.717, 1.165) is 12.1 Å². The van der Waals surface area contributed by atoms with Gasteiger partial charge >= 0.3 is 6.18 Å². The van der Waals surface area contributed by atoms with E-state index in [1.54, 1.807) is 18.2 Å². The zero-order valence-electron chi connectivity index (χ0n) is 16.7. The third kappa shape index (κ3) is 5.25. The molecule has 9 heteroatoms. The van der Waals surface area contributed by atoms with Crippen molar-refractivity contribution in [3.8, 4) is 11.5 Å². The van der Waals surface area contributed by atoms with E-state index in [4.69, 9.17) is 9.47 Å². The van der Waals surface area contributed by atoms with E-state index in [0.29, 0.717) is 22.7 Å². The van der Waals surface area contributed by atoms with Crippen LogP contribution in [0.4, 0.5) is 18.9 Å². The maximum absolute atomic E-state index is 12.7. The molecule has 2 aromatic carbocycles. The summed E-state index contributed by atoms with van der Waals surface area (Å²) < 4.78 is 49.8. The van der Waals surface area contributed by atoms with Crippen molar-refractivity contribution in [2.75, 3.05) is 19.5 Å². The molecule has 31 heavy (non-hydrogen) atoms. The number of alkyl halides is 3. The lowest BCUT2D eigenvalue weighted by atomic mass is 10.1. The average molecular weight is 432 g/mol. The molecule has 3 aromatic rings. The number of carbonyl (C=O) groups excluding carboxylic acids is 1. The van der Waals surface area contributed by atoms with E-state index in [2.05, 4.69) is 5.32 Å². The summed E-state index contributed by atoms with van der Waals surface area (Å²) in [5.41, 5.74) is -0.0636. The Morgan fingerprint density at radius 1 is 1.00 bits per heavy atom. The molecule has 1 N–H and O–H groups in total. The Kier molecular flexibility index (Phi) is 6.33. The van der Waals surface area contributed by atoms with E-state index < -0.39 is 23.2 Å². The second-order valence-corrected chi connectivity index (χ2v) is 6.60. The number of ether oxygens (including phenoxy) is 2. The van der Waals surface area contributed by atoms with E-state index in [9.17, 15) is 22.8 Å². The topological polar surface area (TPSA) is 69.6 Å². The van der Waals surface area contributed by atoms with E-state index in [-0.39, 0.29) is 12.1 Å². The van der Waals surface area contributed by atoms with Crippen LogP contribution >= 0.6 is 0 Å². The second-order valence-electron chi connectivity index (χ2n) is 6.60. The van der Waals surface area contributed by atoms with Crippen LogP contribution in [0.2, 0.25) is 0 Å². The Morgan fingerprint density at radius 3 is 2.32 bits per heavy atom. The molecule has 0 radical (unpaired) electrons. The first-order valence-corrected chi connectivity index (χ1v) is 9.11. The number of methoxy groups -OCH3 is 2. The molecule has 0 bridgehead atoms. The van der Waals surface area contributed by atoms with Crippen molar-refractivity contribution >= 4 is 11.6 Å². The third-order valence-electron chi connectivity index (χ3n) is 4.54. The van der Waals surface area contributed by atoms with Gasteiger partial charge in [0.05, 0.1) is 37.6 Å². The van der Waals surface area contributed by atoms with Gasteiger partial charge in [-0.25, -0.2) is 0 Å². The van der Waals surface area contributed by atoms with Crippen LogP contribution in [-0.4, -0.2) is 24.7 Å². The van der Waals surface area contributed by atoms with Crippen LogP contribution in [0.25, 0.3) is 0 Å². The molecule has 1 aromatic heterocycles. The van der Waals surface area contributed by atoms with Crippen molar-refractivity contribution in [2.24, 2.45) is 0 Å². The molecule has 0 saturated heterocycles. The highest BCUT2D eigenvalue weighted by Crippen LogP contribution is 2.30. The number of nitrogens with one attached hydrogen (secondary N) is 1. The first-order chi connectivity index (χ1) is 14.7. The molecule has 0 spiro atoms. The maximum Gasteiger partial charge on any atom is 0.416 e. The first-order valence-electron chi connectivity index (χ1n) is 9.11. The van der Waals surface area contributed by atoms with Crippen LogP contribution in [0.5, 0.6) is 11.5 Å². The molecular formula is C22H19F3N2O4. The number of carbonyl (C=O) groups is 1. The molecule has 3 rings (SSSR count). The summed E-state index contributed by atoms with van der Waals surface area (Å²) in [5, 5.41) is 2.70. The van der Waals surface area contributed by atoms with Crippen LogP contribution in [0.1, 0.15) is 21.5 Å². The van der Waals surface area contributed by atoms with Gasteiger partial charge in [-0.3, -0.25) is 9.59 Å². The fourth-order valence-corrected chi connectivity index (χ4v) is 2.88. The number of amides is 1. The zero-order valence-corrected chi connectivity index (χ0v) is 16.7. The first kappa shape index (κ1) is 21.9. The van der Waals surface area contributed by atoms with Gasteiger partial charge in [0.15, 0.2) is 0 Å². The predicted octanol–water partition coefficient (Wildman–Crippen LogP) is 4.18. The van der Waals surface area contributed by atoms with Crippen molar-refractivity contribution in [3.63, 3.8) is 0 Å². The fraction of sp³-hybridized carbons (Fsp3) is 0.182. The van der Waals surface area contributed by atoms with E-state index in [1.165, 1.54) is 49.2 Å². The number of pyridine rings is 1. The molecule has 0 saturated carbocycles. The van der Waals surface area contributed by atoms with E-state index >= 15 is 0 Å². The second kappa shape index (κ2) is 8.95. The molecular weight excluding hydrogens is 413 g/mol. The summed E-state index contributed by atoms with van der Waals surface area (Å²) in [5.74, 6) is 0.468. The minimum atomic E-state index is -4.43. The molecule has 0 aliphatic heterocycles. The molecule has 0 aliphatic rings. The largest absolute Gasteiger partial charge is 0.497 e. The molecule has 1 amide bonds. The molecule has 1 heterocycles. The Labute approximate surface area is 175 Å². The summed E-state index contributed by atoms with van der Waals surface area (Å²) >= 11 is 0. The quantitative estimate of drug-likeness (QED) is 0.634. The number of anilines is 1. The Morgan fingerprint density at radius 2 is 1.71 bits per heavy atom. The molecule has 0 aliphatic carbocycles. The smallest absolute Gasteiger partial charge is 0.416 e. The number of rotatable bonds is 6. The molecule has 162 valence electrons. The Bertz CT molecular complexity index is 1140. The monoisotopic (exact) mass is 432 g/mol. The standard InChI is InChI=1S/C22H19F3N2O4/c1-30-17-8-9-18(19(11-17)31-2)26-21(29)15-5-10-20(28)27(13-15)12-14-3-6-16(7-4-14)22(23,24)25/h3-11,13H,12H2,1-2H3,(H,26,29). The van der Waals surface area contributed by atoms with Crippen LogP contribution in [-0.2, 0) is 12.7 Å². The molecule has 0 atom stereocenters. The number of nitrogens with zero attached hydrogens (tertiary/aromatic N) is 1. The maximum atomic E-state index is 12.7. The minimum Gasteiger partial charge on any atom is -0.497 e. The minimum absolute atomic E-state index is 0.0178. The number of hydrogen-bond donors (Lipinski definition) is 1. The Hall–Kier alpha value is -3.75. The highest BCUT2D eigenvalue weighted by Gasteiger charge is 2.29. The number of hydrogen-bond acceptors (Lipinski definition) is 4. The third-order valence-corrected chi connectivity index (χ3v) is 4.54. The molecule has 0 unspecified atom stereocenters. The van der Waals surface area contributed by atoms with Gasteiger partial charge in [-0.05, 0) is 35.9 Å². The summed E-state index contributed by atoms with van der Waals surface area (Å²) in [4.78, 5) is 24.8. The zero-order chi connectivity index (χ0) is 22.6. The summed E-state index contributed by atoms with van der Waals surface area (Å²) in [6, 6.07) is 12.0. The highest BCUT2D eigenvalue weighted by atomic mass is 19.4. The SMILES string of the molecule is COc1ccc(NC(=O)c2ccc(=O)n(Cc3ccc(C(F)(F)F)cc3)c2)c(OC)c1. The van der Waals surface area contributed by atoms with E-state index in [1.807, 2.05) is 0 Å². The summed E-state index contributed by atoms with van der Waals surface area (Å²) in [6.07, 6.45) is -3.08. The van der Waals surface area contributed by atoms with Crippen LogP contribution in [0.3, 0.4) is 0 Å². The lowest BCUT2D eigenvalue weighted by molar-refractivity contribution is -0.137. The van der Waals surface area contributed by atoms with Gasteiger partial charge in [-0.15, -0.1) is 0 Å². The van der Waals surface area contributed by atoms with Crippen molar-refractivity contribution in [1.82, 2.24) is 4.57 Å². The van der Waals surface area contributed by atoms with Gasteiger partial charge in [0.25, 0.3) is 11.5 Å². The summed E-state index contributed by atoms with van der Waals surface area (Å²) in [6.45, 7) is 0.0178.